The molecular weight excluding hydrogens is 196 g/mol. The number of quaternary nitrogens is 1. The quantitative estimate of drug-likeness (QED) is 0.349. The molecule has 15 heavy (non-hydrogen) atoms. The third-order valence-corrected chi connectivity index (χ3v) is 4.26. The van der Waals surface area contributed by atoms with Crippen molar-refractivity contribution in [3.05, 3.63) is 0 Å². The van der Waals surface area contributed by atoms with Gasteiger partial charge in [-0.2, -0.15) is 0 Å². The zero-order valence-electron chi connectivity index (χ0n) is 8.68. The highest BCUT2D eigenvalue weighted by Crippen LogP contribution is 2.45. The summed E-state index contributed by atoms with van der Waals surface area (Å²) in [5, 5.41) is 3.22. The van der Waals surface area contributed by atoms with Crippen LogP contribution in [0.1, 0.15) is 6.42 Å². The van der Waals surface area contributed by atoms with E-state index in [1.54, 1.807) is 0 Å². The van der Waals surface area contributed by atoms with Crippen LogP contribution in [-0.4, -0.2) is 61.1 Å². The average Bonchev–Trinajstić information content (AvgIpc) is 2.81. The third kappa shape index (κ3) is 0.934. The van der Waals surface area contributed by atoms with Gasteiger partial charge in [-0.3, -0.25) is 4.79 Å². The Kier molecular flexibility index (Phi) is 1.81. The first kappa shape index (κ1) is 9.45. The first-order valence-corrected chi connectivity index (χ1v) is 5.42. The Hall–Kier alpha value is -0.780. The van der Waals surface area contributed by atoms with Crippen LogP contribution in [0.4, 0.5) is 0 Å². The van der Waals surface area contributed by atoms with Gasteiger partial charge >= 0.3 is 5.91 Å². The van der Waals surface area contributed by atoms with Gasteiger partial charge in [-0.15, -0.1) is 0 Å². The highest BCUT2D eigenvalue weighted by atomic mass is 16.5. The highest BCUT2D eigenvalue weighted by molar-refractivity contribution is 6.20. The molecule has 3 rings (SSSR count). The van der Waals surface area contributed by atoms with Crippen LogP contribution in [-0.2, 0) is 14.3 Å². The van der Waals surface area contributed by atoms with E-state index in [9.17, 15) is 9.59 Å². The van der Waals surface area contributed by atoms with Crippen molar-refractivity contribution in [2.45, 2.75) is 30.7 Å². The molecule has 0 aromatic heterocycles. The van der Waals surface area contributed by atoms with Crippen LogP contribution >= 0.6 is 0 Å². The van der Waals surface area contributed by atoms with Crippen molar-refractivity contribution in [2.24, 2.45) is 0 Å². The molecule has 0 saturated carbocycles. The van der Waals surface area contributed by atoms with E-state index < -0.39 is 0 Å². The molecule has 5 heteroatoms. The number of ether oxygens (including phenoxy) is 1. The monoisotopic (exact) mass is 211 g/mol. The highest BCUT2D eigenvalue weighted by Gasteiger charge is 2.69. The molecule has 5 nitrogen and oxygen atoms in total. The van der Waals surface area contributed by atoms with Crippen molar-refractivity contribution in [1.29, 1.82) is 0 Å². The lowest BCUT2D eigenvalue weighted by Crippen LogP contribution is -2.59. The molecular formula is C10H15N2O3+. The van der Waals surface area contributed by atoms with E-state index in [0.29, 0.717) is 17.3 Å². The van der Waals surface area contributed by atoms with Gasteiger partial charge in [0.25, 0.3) is 0 Å². The maximum atomic E-state index is 11.8. The number of likely N-dealkylation sites (N-methyl/N-ethyl adjacent to an activating group) is 1. The van der Waals surface area contributed by atoms with E-state index in [0.717, 1.165) is 13.0 Å². The molecule has 0 unspecified atom stereocenters. The van der Waals surface area contributed by atoms with Crippen molar-refractivity contribution in [3.63, 3.8) is 0 Å². The molecule has 0 aliphatic carbocycles. The number of carbonyl (C=O) groups is 2. The normalized spacial score (nSPS) is 51.0. The predicted molar refractivity (Wildman–Crippen MR) is 51.0 cm³/mol. The van der Waals surface area contributed by atoms with Crippen LogP contribution < -0.4 is 5.32 Å². The Morgan fingerprint density at radius 1 is 1.53 bits per heavy atom. The maximum absolute atomic E-state index is 11.8. The van der Waals surface area contributed by atoms with Crippen molar-refractivity contribution >= 4 is 12.2 Å². The van der Waals surface area contributed by atoms with Crippen molar-refractivity contribution in [2.75, 3.05) is 20.1 Å². The molecule has 3 saturated heterocycles. The SMILES string of the molecule is CN[C@@H]1[C@H]2[C@@H]3CC[N@@+]2(C(=O)C=O)C[C@H]1O3. The van der Waals surface area contributed by atoms with E-state index in [1.165, 1.54) is 0 Å². The number of nitrogens with zero attached hydrogens (tertiary/aromatic N) is 1. The molecule has 3 fully saturated rings. The Morgan fingerprint density at radius 3 is 2.93 bits per heavy atom. The van der Waals surface area contributed by atoms with Crippen molar-refractivity contribution < 1.29 is 18.8 Å². The lowest BCUT2D eigenvalue weighted by Gasteiger charge is -2.33. The Bertz CT molecular complexity index is 333. The molecule has 5 atom stereocenters. The lowest BCUT2D eigenvalue weighted by molar-refractivity contribution is -0.858. The molecule has 82 valence electrons. The Balaban J connectivity index is 2.00. The van der Waals surface area contributed by atoms with Crippen LogP contribution in [0.25, 0.3) is 0 Å². The summed E-state index contributed by atoms with van der Waals surface area (Å²) < 4.78 is 6.17. The van der Waals surface area contributed by atoms with Gasteiger partial charge in [0.1, 0.15) is 24.8 Å². The number of morpholine rings is 1. The maximum Gasteiger partial charge on any atom is 0.378 e. The number of hydrogen-bond acceptors (Lipinski definition) is 4. The summed E-state index contributed by atoms with van der Waals surface area (Å²) >= 11 is 0. The van der Waals surface area contributed by atoms with E-state index in [4.69, 9.17) is 4.74 Å². The number of amides is 1. The summed E-state index contributed by atoms with van der Waals surface area (Å²) in [5.74, 6) is -0.270. The second kappa shape index (κ2) is 2.87. The summed E-state index contributed by atoms with van der Waals surface area (Å²) in [5.41, 5.74) is 0. The number of aldehydes is 1. The van der Waals surface area contributed by atoms with Gasteiger partial charge in [-0.05, 0) is 7.05 Å². The Morgan fingerprint density at radius 2 is 2.33 bits per heavy atom. The molecule has 0 spiro atoms. The average molecular weight is 211 g/mol. The molecule has 1 N–H and O–H groups in total. The van der Waals surface area contributed by atoms with Gasteiger partial charge in [-0.1, -0.05) is 0 Å². The first-order chi connectivity index (χ1) is 7.23. The van der Waals surface area contributed by atoms with E-state index in [2.05, 4.69) is 5.32 Å². The van der Waals surface area contributed by atoms with Gasteiger partial charge in [0.15, 0.2) is 0 Å². The number of rotatable bonds is 2. The molecule has 3 heterocycles. The van der Waals surface area contributed by atoms with Gasteiger partial charge in [0.2, 0.25) is 6.29 Å². The number of nitrogens with one attached hydrogen (secondary N) is 1. The van der Waals surface area contributed by atoms with Crippen LogP contribution in [0.3, 0.4) is 0 Å². The standard InChI is InChI=1S/C10H15N2O3/c1-11-9-7-4-12(8(14)5-13)3-2-6(15-7)10(9)12/h5-7,9-11H,2-4H2,1H3/q+1/t6-,7+,9-,10+,12-/m0/s1. The molecule has 0 aromatic rings. The Labute approximate surface area is 88.0 Å². The van der Waals surface area contributed by atoms with Gasteiger partial charge < -0.3 is 10.1 Å². The van der Waals surface area contributed by atoms with Gasteiger partial charge in [0.05, 0.1) is 12.6 Å². The fourth-order valence-electron chi connectivity index (χ4n) is 3.71. The number of hydrogen-bond donors (Lipinski definition) is 1. The third-order valence-electron chi connectivity index (χ3n) is 4.26. The lowest BCUT2D eigenvalue weighted by atomic mass is 10.1. The van der Waals surface area contributed by atoms with E-state index >= 15 is 0 Å². The minimum atomic E-state index is -0.270. The minimum absolute atomic E-state index is 0.108. The molecule has 3 aliphatic rings. The summed E-state index contributed by atoms with van der Waals surface area (Å²) in [7, 11) is 1.90. The second-order valence-corrected chi connectivity index (χ2v) is 4.70. The van der Waals surface area contributed by atoms with E-state index in [1.807, 2.05) is 7.05 Å². The molecule has 0 radical (unpaired) electrons. The summed E-state index contributed by atoms with van der Waals surface area (Å²) in [6, 6.07) is 0.402. The molecule has 1 amide bonds. The predicted octanol–water partition coefficient (Wildman–Crippen LogP) is -1.33. The number of carbonyl (C=O) groups excluding carboxylic acids is 2. The zero-order valence-corrected chi connectivity index (χ0v) is 8.68. The van der Waals surface area contributed by atoms with Gasteiger partial charge in [0, 0.05) is 6.42 Å². The van der Waals surface area contributed by atoms with Crippen LogP contribution in [0, 0.1) is 0 Å². The largest absolute Gasteiger partial charge is 0.378 e. The summed E-state index contributed by atoms with van der Waals surface area (Å²) in [6.45, 7) is 1.44. The zero-order chi connectivity index (χ0) is 10.6. The molecule has 3 aliphatic heterocycles. The van der Waals surface area contributed by atoms with Crippen LogP contribution in [0.15, 0.2) is 0 Å². The minimum Gasteiger partial charge on any atom is -0.361 e. The molecule has 0 aromatic carbocycles. The van der Waals surface area contributed by atoms with Crippen LogP contribution in [0.5, 0.6) is 0 Å². The topological polar surface area (TPSA) is 55.4 Å². The fraction of sp³-hybridized carbons (Fsp3) is 0.800. The number of fused-ring (bicyclic) bond motifs is 1. The summed E-state index contributed by atoms with van der Waals surface area (Å²) in [4.78, 5) is 22.5. The van der Waals surface area contributed by atoms with Crippen molar-refractivity contribution in [1.82, 2.24) is 5.32 Å². The van der Waals surface area contributed by atoms with E-state index in [-0.39, 0.29) is 30.2 Å². The fourth-order valence-corrected chi connectivity index (χ4v) is 3.71. The van der Waals surface area contributed by atoms with Crippen LogP contribution in [0.2, 0.25) is 0 Å². The molecule has 2 bridgehead atoms. The van der Waals surface area contributed by atoms with Crippen molar-refractivity contribution in [3.8, 4) is 0 Å². The second-order valence-electron chi connectivity index (χ2n) is 4.70. The van der Waals surface area contributed by atoms with Gasteiger partial charge in [-0.25, -0.2) is 9.28 Å². The first-order valence-electron chi connectivity index (χ1n) is 5.42. The summed E-state index contributed by atoms with van der Waals surface area (Å²) in [6.07, 6.45) is 1.66. The smallest absolute Gasteiger partial charge is 0.361 e.